The molecular weight excluding hydrogens is 1130 g/mol. The number of aromatic nitrogens is 4. The molecule has 0 N–H and O–H groups in total. The van der Waals surface area contributed by atoms with Crippen molar-refractivity contribution in [1.29, 1.82) is 0 Å². The lowest BCUT2D eigenvalue weighted by Gasteiger charge is -2.39. The molecule has 2 aromatic rings. The van der Waals surface area contributed by atoms with Crippen molar-refractivity contribution in [2.75, 3.05) is 29.8 Å². The minimum absolute atomic E-state index is 0.142. The number of carbonyl (C=O) groups excluding carboxylic acids is 2. The number of rotatable bonds is 26. The second-order valence-corrected chi connectivity index (χ2v) is 19.7. The Hall–Kier alpha value is -2.36. The summed E-state index contributed by atoms with van der Waals surface area (Å²) < 4.78 is 352. The van der Waals surface area contributed by atoms with Gasteiger partial charge in [0.05, 0.1) is 44.0 Å². The maximum Gasteiger partial charge on any atom is 0.460 e. The molecule has 388 valence electrons. The van der Waals surface area contributed by atoms with Crippen LogP contribution in [0.15, 0.2) is 17.4 Å². The maximum atomic E-state index is 13.8. The van der Waals surface area contributed by atoms with Gasteiger partial charge in [0.25, 0.3) is 0 Å². The molecule has 0 radical (unpaired) electrons. The van der Waals surface area contributed by atoms with Crippen LogP contribution >= 0.6 is 69.7 Å². The van der Waals surface area contributed by atoms with Crippen LogP contribution in [0.4, 0.5) is 114 Å². The highest BCUT2D eigenvalue weighted by molar-refractivity contribution is 8.17. The van der Waals surface area contributed by atoms with Gasteiger partial charge in [0.2, 0.25) is 0 Å². The van der Waals surface area contributed by atoms with Gasteiger partial charge in [-0.05, 0) is 0 Å². The second kappa shape index (κ2) is 21.2. The molecular formula is C27H18F26N4O4S6. The molecule has 0 unspecified atom stereocenters. The fraction of sp³-hybridized carbons (Fsp3) is 0.778. The van der Waals surface area contributed by atoms with E-state index in [2.05, 4.69) is 29.9 Å². The van der Waals surface area contributed by atoms with Gasteiger partial charge in [0, 0.05) is 11.5 Å². The summed E-state index contributed by atoms with van der Waals surface area (Å²) in [5.74, 6) is -79.4. The van der Waals surface area contributed by atoms with Crippen LogP contribution in [0.25, 0.3) is 0 Å². The third-order valence-corrected chi connectivity index (χ3v) is 14.1. The smallest absolute Gasteiger partial charge is 0.460 e. The van der Waals surface area contributed by atoms with E-state index in [1.807, 2.05) is 0 Å². The van der Waals surface area contributed by atoms with Crippen molar-refractivity contribution in [3.8, 4) is 0 Å². The van der Waals surface area contributed by atoms with Crippen molar-refractivity contribution in [2.24, 2.45) is 0 Å². The van der Waals surface area contributed by atoms with Crippen molar-refractivity contribution < 1.29 is 133 Å². The van der Waals surface area contributed by atoms with Gasteiger partial charge in [-0.15, -0.1) is 20.4 Å². The highest BCUT2D eigenvalue weighted by Crippen LogP contribution is 2.62. The molecule has 2 heterocycles. The molecule has 0 saturated carbocycles. The van der Waals surface area contributed by atoms with Crippen molar-refractivity contribution in [2.45, 2.75) is 115 Å². The number of nitrogens with zero attached hydrogens (tertiary/aromatic N) is 4. The fourth-order valence-corrected chi connectivity index (χ4v) is 10.4. The Balaban J connectivity index is 1.76. The molecule has 0 fully saturated rings. The van der Waals surface area contributed by atoms with Crippen LogP contribution < -0.4 is 0 Å². The summed E-state index contributed by atoms with van der Waals surface area (Å²) in [6.45, 7) is -3.84. The Bertz CT molecular complexity index is 1840. The van der Waals surface area contributed by atoms with E-state index in [1.165, 1.54) is 0 Å². The third-order valence-electron chi connectivity index (χ3n) is 7.56. The van der Waals surface area contributed by atoms with E-state index in [9.17, 15) is 124 Å². The number of hydrogen-bond donors (Lipinski definition) is 0. The van der Waals surface area contributed by atoms with Gasteiger partial charge in [-0.1, -0.05) is 69.7 Å². The van der Waals surface area contributed by atoms with Gasteiger partial charge in [0.15, 0.2) is 17.4 Å². The molecule has 2 rings (SSSR count). The van der Waals surface area contributed by atoms with E-state index in [-0.39, 0.29) is 33.9 Å². The van der Waals surface area contributed by atoms with E-state index < -0.39 is 122 Å². The highest BCUT2D eigenvalue weighted by atomic mass is 32.2. The molecule has 0 aliphatic carbocycles. The monoisotopic (exact) mass is 1150 g/mol. The topological polar surface area (TPSA) is 104 Å². The quantitative estimate of drug-likeness (QED) is 0.0388. The van der Waals surface area contributed by atoms with Crippen molar-refractivity contribution in [3.05, 3.63) is 0 Å². The molecule has 0 aliphatic heterocycles. The first-order valence-corrected chi connectivity index (χ1v) is 21.9. The molecule has 8 nitrogen and oxygen atoms in total. The Morgan fingerprint density at radius 1 is 0.388 bits per heavy atom. The molecule has 0 aliphatic rings. The van der Waals surface area contributed by atoms with E-state index in [1.54, 1.807) is 0 Å². The molecule has 67 heavy (non-hydrogen) atoms. The zero-order valence-corrected chi connectivity index (χ0v) is 36.0. The van der Waals surface area contributed by atoms with E-state index in [4.69, 9.17) is 0 Å². The van der Waals surface area contributed by atoms with Crippen LogP contribution in [0.2, 0.25) is 0 Å². The fourth-order valence-electron chi connectivity index (χ4n) is 3.85. The number of hydrogen-bond acceptors (Lipinski definition) is 14. The van der Waals surface area contributed by atoms with E-state index in [0.717, 1.165) is 69.7 Å². The lowest BCUT2D eigenvalue weighted by atomic mass is 9.93. The third kappa shape index (κ3) is 12.8. The Morgan fingerprint density at radius 3 is 0.910 bits per heavy atom. The Kier molecular flexibility index (Phi) is 19.2. The first-order chi connectivity index (χ1) is 29.9. The molecule has 0 bridgehead atoms. The SMILES string of the molecule is O=C(CCSc1nnc(SCSc2nnc(SCCC(=O)OCCC(F)(F)C(F)(F)C(F)(F)C(F)(F)C(F)(F)C(F)(F)F)s2)s1)OCCC(F)(F)C(F)(F)C(F)(F)C(F)(F)C(F)(F)C(F)(F)F. The van der Waals surface area contributed by atoms with Crippen molar-refractivity contribution >= 4 is 81.7 Å². The molecule has 2 aromatic heterocycles. The summed E-state index contributed by atoms with van der Waals surface area (Å²) in [6.07, 6.45) is -22.1. The molecule has 0 aromatic carbocycles. The van der Waals surface area contributed by atoms with Crippen LogP contribution in [0.3, 0.4) is 0 Å². The molecule has 40 heteroatoms. The highest BCUT2D eigenvalue weighted by Gasteiger charge is 2.92. The van der Waals surface area contributed by atoms with Crippen LogP contribution in [-0.2, 0) is 19.1 Å². The van der Waals surface area contributed by atoms with Gasteiger partial charge in [-0.25, -0.2) is 0 Å². The Morgan fingerprint density at radius 2 is 0.642 bits per heavy atom. The van der Waals surface area contributed by atoms with Gasteiger partial charge >= 0.3 is 83.5 Å². The summed E-state index contributed by atoms with van der Waals surface area (Å²) in [5.41, 5.74) is 0. The minimum Gasteiger partial charge on any atom is -0.465 e. The van der Waals surface area contributed by atoms with E-state index >= 15 is 0 Å². The summed E-state index contributed by atoms with van der Waals surface area (Å²) in [6, 6.07) is 0. The summed E-state index contributed by atoms with van der Waals surface area (Å²) in [4.78, 5) is 23.5. The predicted octanol–water partition coefficient (Wildman–Crippen LogP) is 12.5. The van der Waals surface area contributed by atoms with Gasteiger partial charge in [-0.3, -0.25) is 9.59 Å². The molecule has 0 spiro atoms. The predicted molar refractivity (Wildman–Crippen MR) is 180 cm³/mol. The first-order valence-electron chi connectivity index (χ1n) is 16.3. The van der Waals surface area contributed by atoms with Gasteiger partial charge < -0.3 is 9.47 Å². The first kappa shape index (κ1) is 60.8. The van der Waals surface area contributed by atoms with Crippen LogP contribution in [0.5, 0.6) is 0 Å². The molecule has 0 saturated heterocycles. The van der Waals surface area contributed by atoms with Crippen LogP contribution in [0, 0.1) is 0 Å². The number of esters is 2. The normalized spacial score (nSPS) is 14.7. The largest absolute Gasteiger partial charge is 0.465 e. The molecule has 0 atom stereocenters. The lowest BCUT2D eigenvalue weighted by Crippen LogP contribution is -2.70. The summed E-state index contributed by atoms with van der Waals surface area (Å²) >= 11 is 5.37. The van der Waals surface area contributed by atoms with Gasteiger partial charge in [0.1, 0.15) is 0 Å². The minimum atomic E-state index is -8.08. The number of thioether (sulfide) groups is 4. The number of halogens is 26. The Labute approximate surface area is 378 Å². The van der Waals surface area contributed by atoms with E-state index in [0.29, 0.717) is 0 Å². The lowest BCUT2D eigenvalue weighted by molar-refractivity contribution is -0.440. The van der Waals surface area contributed by atoms with Crippen LogP contribution in [0.1, 0.15) is 25.7 Å². The second-order valence-electron chi connectivity index (χ2n) is 12.2. The summed E-state index contributed by atoms with van der Waals surface area (Å²) in [5, 5.41) is 15.1. The van der Waals surface area contributed by atoms with Crippen LogP contribution in [-0.4, -0.2) is 134 Å². The van der Waals surface area contributed by atoms with Crippen molar-refractivity contribution in [3.63, 3.8) is 0 Å². The average Bonchev–Trinajstić information content (AvgIpc) is 3.82. The van der Waals surface area contributed by atoms with Gasteiger partial charge in [-0.2, -0.15) is 114 Å². The van der Waals surface area contributed by atoms with Crippen molar-refractivity contribution in [1.82, 2.24) is 20.4 Å². The number of carbonyl (C=O) groups is 2. The zero-order chi connectivity index (χ0) is 52.3. The number of ether oxygens (including phenoxy) is 2. The molecule has 0 amide bonds. The zero-order valence-electron chi connectivity index (χ0n) is 31.1. The number of alkyl halides is 26. The maximum absolute atomic E-state index is 13.8. The standard InChI is InChI=1S/C27H18F26N4O4S6/c28-16(29,18(32,33)20(36,37)22(40,41)24(44,45)26(48,49)50)3-5-60-10(58)1-7-62-12-54-56-14(66-12)64-9-65-15-57-55-13(67-15)63-8-2-11(59)61-6-4-17(30,31)19(34,35)21(38,39)23(42,43)25(46,47)27(51,52)53/h1-9H2. The summed E-state index contributed by atoms with van der Waals surface area (Å²) in [7, 11) is 0. The average molecular weight is 1150 g/mol.